The van der Waals surface area contributed by atoms with Gasteiger partial charge in [0.25, 0.3) is 5.91 Å². The lowest BCUT2D eigenvalue weighted by Gasteiger charge is -2.30. The average Bonchev–Trinajstić information content (AvgIpc) is 3.37. The number of thiophene rings is 1. The Labute approximate surface area is 221 Å². The first-order valence-corrected chi connectivity index (χ1v) is 14.7. The smallest absolute Gasteiger partial charge is 0.254 e. The number of benzene rings is 2. The van der Waals surface area contributed by atoms with Gasteiger partial charge in [0.1, 0.15) is 4.90 Å². The van der Waals surface area contributed by atoms with Gasteiger partial charge in [-0.1, -0.05) is 47.8 Å². The monoisotopic (exact) mass is 550 g/mol. The topological polar surface area (TPSA) is 57.7 Å². The largest absolute Gasteiger partial charge is 0.331 e. The van der Waals surface area contributed by atoms with Crippen molar-refractivity contribution < 1.29 is 13.2 Å². The number of hydrogen-bond acceptors (Lipinski definition) is 4. The minimum Gasteiger partial charge on any atom is -0.331 e. The Morgan fingerprint density at radius 1 is 1.06 bits per heavy atom. The zero-order valence-corrected chi connectivity index (χ0v) is 22.6. The maximum Gasteiger partial charge on any atom is 0.254 e. The summed E-state index contributed by atoms with van der Waals surface area (Å²) in [5, 5.41) is 2.77. The third-order valence-electron chi connectivity index (χ3n) is 6.25. The predicted molar refractivity (Wildman–Crippen MR) is 143 cm³/mol. The predicted octanol–water partition coefficient (Wildman–Crippen LogP) is 6.50. The fourth-order valence-electron chi connectivity index (χ4n) is 4.29. The van der Waals surface area contributed by atoms with Crippen molar-refractivity contribution in [3.05, 3.63) is 86.0 Å². The van der Waals surface area contributed by atoms with Gasteiger partial charge in [0.15, 0.2) is 0 Å². The van der Waals surface area contributed by atoms with E-state index in [4.69, 9.17) is 23.2 Å². The highest BCUT2D eigenvalue weighted by Crippen LogP contribution is 2.29. The molecule has 0 saturated carbocycles. The van der Waals surface area contributed by atoms with Crippen molar-refractivity contribution in [3.63, 3.8) is 0 Å². The standard InChI is InChI=1S/C26H28Cl2N2O3S2/c1-19(16-23-6-5-15-34-23)30(18-20-7-10-22(27)11-8-20)26(31)21-9-12-24(28)25(17-21)35(32,33)29-13-3-2-4-14-29/h5-12,15,17,19H,2-4,13-14,16,18H2,1H3/t19-/m1/s1. The van der Waals surface area contributed by atoms with Crippen molar-refractivity contribution in [3.8, 4) is 0 Å². The zero-order chi connectivity index (χ0) is 25.0. The number of carbonyl (C=O) groups excluding carboxylic acids is 1. The minimum atomic E-state index is -3.78. The SMILES string of the molecule is C[C@H](Cc1cccs1)N(Cc1ccc(Cl)cc1)C(=O)c1ccc(Cl)c(S(=O)(=O)N2CCCCC2)c1. The third kappa shape index (κ3) is 6.27. The second-order valence-corrected chi connectivity index (χ2v) is 12.6. The van der Waals surface area contributed by atoms with Crippen molar-refractivity contribution >= 4 is 50.5 Å². The van der Waals surface area contributed by atoms with E-state index < -0.39 is 10.0 Å². The van der Waals surface area contributed by atoms with Crippen LogP contribution in [0.15, 0.2) is 64.9 Å². The Morgan fingerprint density at radius 3 is 2.43 bits per heavy atom. The van der Waals surface area contributed by atoms with Gasteiger partial charge < -0.3 is 4.90 Å². The molecule has 186 valence electrons. The zero-order valence-electron chi connectivity index (χ0n) is 19.5. The highest BCUT2D eigenvalue weighted by Gasteiger charge is 2.30. The molecule has 0 radical (unpaired) electrons. The van der Waals surface area contributed by atoms with Crippen LogP contribution in [0.25, 0.3) is 0 Å². The van der Waals surface area contributed by atoms with Gasteiger partial charge in [-0.25, -0.2) is 8.42 Å². The van der Waals surface area contributed by atoms with Crippen LogP contribution in [-0.4, -0.2) is 42.7 Å². The Kier molecular flexibility index (Phi) is 8.55. The van der Waals surface area contributed by atoms with E-state index in [-0.39, 0.29) is 21.9 Å². The second-order valence-electron chi connectivity index (χ2n) is 8.80. The molecule has 0 bridgehead atoms. The van der Waals surface area contributed by atoms with E-state index in [2.05, 4.69) is 6.07 Å². The molecule has 1 amide bonds. The van der Waals surface area contributed by atoms with Crippen LogP contribution in [0.3, 0.4) is 0 Å². The van der Waals surface area contributed by atoms with Gasteiger partial charge >= 0.3 is 0 Å². The van der Waals surface area contributed by atoms with E-state index in [0.29, 0.717) is 36.6 Å². The number of nitrogens with zero attached hydrogens (tertiary/aromatic N) is 2. The lowest BCUT2D eigenvalue weighted by molar-refractivity contribution is 0.0675. The van der Waals surface area contributed by atoms with Crippen molar-refractivity contribution in [2.24, 2.45) is 0 Å². The van der Waals surface area contributed by atoms with Crippen LogP contribution in [0.5, 0.6) is 0 Å². The van der Waals surface area contributed by atoms with E-state index in [1.807, 2.05) is 30.5 Å². The van der Waals surface area contributed by atoms with Gasteiger partial charge in [0.2, 0.25) is 10.0 Å². The Bertz CT molecular complexity index is 1260. The van der Waals surface area contributed by atoms with Gasteiger partial charge in [-0.15, -0.1) is 11.3 Å². The molecule has 2 heterocycles. The van der Waals surface area contributed by atoms with Gasteiger partial charge in [-0.3, -0.25) is 4.79 Å². The normalized spacial score (nSPS) is 15.6. The van der Waals surface area contributed by atoms with E-state index in [1.54, 1.807) is 34.4 Å². The van der Waals surface area contributed by atoms with Gasteiger partial charge in [0.05, 0.1) is 5.02 Å². The Morgan fingerprint density at radius 2 is 1.77 bits per heavy atom. The van der Waals surface area contributed by atoms with Crippen LogP contribution < -0.4 is 0 Å². The Balaban J connectivity index is 1.66. The summed E-state index contributed by atoms with van der Waals surface area (Å²) >= 11 is 14.0. The Hall–Kier alpha value is -1.90. The lowest BCUT2D eigenvalue weighted by atomic mass is 10.1. The number of amides is 1. The van der Waals surface area contributed by atoms with E-state index >= 15 is 0 Å². The molecule has 1 aliphatic rings. The molecule has 0 aliphatic carbocycles. The van der Waals surface area contributed by atoms with Crippen LogP contribution in [0.1, 0.15) is 47.0 Å². The fraction of sp³-hybridized carbons (Fsp3) is 0.346. The molecule has 0 N–H and O–H groups in total. The molecule has 4 rings (SSSR count). The van der Waals surface area contributed by atoms with Gasteiger partial charge in [0, 0.05) is 47.6 Å². The number of halogens is 2. The molecule has 1 saturated heterocycles. The highest BCUT2D eigenvalue weighted by molar-refractivity contribution is 7.89. The molecule has 3 aromatic rings. The van der Waals surface area contributed by atoms with Crippen LogP contribution in [0, 0.1) is 0 Å². The minimum absolute atomic E-state index is 0.00994. The summed E-state index contributed by atoms with van der Waals surface area (Å²) in [6.07, 6.45) is 3.36. The summed E-state index contributed by atoms with van der Waals surface area (Å²) < 4.78 is 28.1. The molecular weight excluding hydrogens is 523 g/mol. The fourth-order valence-corrected chi connectivity index (χ4v) is 7.26. The number of rotatable bonds is 8. The summed E-state index contributed by atoms with van der Waals surface area (Å²) in [5.74, 6) is -0.240. The quantitative estimate of drug-likeness (QED) is 0.321. The highest BCUT2D eigenvalue weighted by atomic mass is 35.5. The summed E-state index contributed by atoms with van der Waals surface area (Å²) in [4.78, 5) is 16.8. The molecule has 1 aromatic heterocycles. The van der Waals surface area contributed by atoms with Gasteiger partial charge in [-0.2, -0.15) is 4.31 Å². The van der Waals surface area contributed by atoms with Crippen molar-refractivity contribution in [1.82, 2.24) is 9.21 Å². The summed E-state index contributed by atoms with van der Waals surface area (Å²) in [6, 6.07) is 15.9. The molecule has 1 aliphatic heterocycles. The summed E-state index contributed by atoms with van der Waals surface area (Å²) in [5.41, 5.74) is 1.24. The van der Waals surface area contributed by atoms with Crippen molar-refractivity contribution in [2.75, 3.05) is 13.1 Å². The van der Waals surface area contributed by atoms with Crippen LogP contribution in [-0.2, 0) is 23.0 Å². The molecule has 35 heavy (non-hydrogen) atoms. The summed E-state index contributed by atoms with van der Waals surface area (Å²) in [7, 11) is -3.78. The van der Waals surface area contributed by atoms with Gasteiger partial charge in [-0.05, 0) is 67.1 Å². The first kappa shape index (κ1) is 26.2. The third-order valence-corrected chi connectivity index (χ3v) is 9.78. The van der Waals surface area contributed by atoms with Crippen molar-refractivity contribution in [2.45, 2.75) is 50.1 Å². The molecule has 9 heteroatoms. The molecule has 0 unspecified atom stereocenters. The maximum atomic E-state index is 13.8. The molecule has 5 nitrogen and oxygen atoms in total. The number of piperidine rings is 1. The maximum absolute atomic E-state index is 13.8. The lowest BCUT2D eigenvalue weighted by Crippen LogP contribution is -2.39. The molecular formula is C26H28Cl2N2O3S2. The molecule has 1 fully saturated rings. The first-order valence-electron chi connectivity index (χ1n) is 11.6. The summed E-state index contributed by atoms with van der Waals surface area (Å²) in [6.45, 7) is 3.32. The molecule has 1 atom stereocenters. The molecule has 2 aromatic carbocycles. The first-order chi connectivity index (χ1) is 16.8. The van der Waals surface area contributed by atoms with Crippen LogP contribution in [0.4, 0.5) is 0 Å². The van der Waals surface area contributed by atoms with E-state index in [1.165, 1.54) is 21.3 Å². The van der Waals surface area contributed by atoms with E-state index in [9.17, 15) is 13.2 Å². The van der Waals surface area contributed by atoms with E-state index in [0.717, 1.165) is 24.8 Å². The molecule has 0 spiro atoms. The number of hydrogen-bond donors (Lipinski definition) is 0. The van der Waals surface area contributed by atoms with Crippen LogP contribution in [0.2, 0.25) is 10.0 Å². The van der Waals surface area contributed by atoms with Crippen molar-refractivity contribution in [1.29, 1.82) is 0 Å². The van der Waals surface area contributed by atoms with Crippen LogP contribution >= 0.6 is 34.5 Å². The number of carbonyl (C=O) groups is 1. The number of sulfonamides is 1. The average molecular weight is 552 g/mol. The second kappa shape index (κ2) is 11.4.